The summed E-state index contributed by atoms with van der Waals surface area (Å²) in [6, 6.07) is 4.90. The number of benzene rings is 1. The molecule has 1 atom stereocenters. The van der Waals surface area contributed by atoms with E-state index in [0.717, 1.165) is 18.4 Å². The van der Waals surface area contributed by atoms with Crippen LogP contribution in [0.15, 0.2) is 18.2 Å². The second-order valence-electron chi connectivity index (χ2n) is 3.76. The molecule has 0 fully saturated rings. The van der Waals surface area contributed by atoms with Gasteiger partial charge in [-0.1, -0.05) is 17.7 Å². The average molecular weight is 290 g/mol. The van der Waals surface area contributed by atoms with Gasteiger partial charge < -0.3 is 0 Å². The van der Waals surface area contributed by atoms with Crippen molar-refractivity contribution in [1.82, 2.24) is 0 Å². The number of nitrogens with zero attached hydrogens (tertiary/aromatic N) is 1. The lowest BCUT2D eigenvalue weighted by Crippen LogP contribution is -2.21. The van der Waals surface area contributed by atoms with Crippen molar-refractivity contribution in [3.8, 4) is 6.07 Å². The minimum absolute atomic E-state index is 0.0802. The maximum absolute atomic E-state index is 12.8. The summed E-state index contributed by atoms with van der Waals surface area (Å²) < 4.78 is 34.9. The number of sulfone groups is 1. The molecule has 0 amide bonds. The Morgan fingerprint density at radius 3 is 2.61 bits per heavy atom. The normalized spacial score (nSPS) is 12.8. The lowest BCUT2D eigenvalue weighted by Gasteiger charge is -2.09. The van der Waals surface area contributed by atoms with Gasteiger partial charge in [0.25, 0.3) is 0 Å². The van der Waals surface area contributed by atoms with Crippen LogP contribution in [0, 0.1) is 17.1 Å². The largest absolute Gasteiger partial charge is 0.297 e. The van der Waals surface area contributed by atoms with E-state index in [1.54, 1.807) is 6.07 Å². The number of nitriles is 1. The number of hydrogen-bond acceptors (Lipinski definition) is 4. The van der Waals surface area contributed by atoms with E-state index < -0.39 is 33.1 Å². The molecule has 0 N–H and O–H groups in total. The van der Waals surface area contributed by atoms with Crippen LogP contribution < -0.4 is 0 Å². The van der Waals surface area contributed by atoms with Gasteiger partial charge in [0, 0.05) is 11.3 Å². The lowest BCUT2D eigenvalue weighted by molar-refractivity contribution is -0.116. The monoisotopic (exact) mass is 289 g/mol. The van der Waals surface area contributed by atoms with Crippen LogP contribution in [0.4, 0.5) is 4.39 Å². The first kappa shape index (κ1) is 14.6. The zero-order chi connectivity index (χ0) is 13.9. The van der Waals surface area contributed by atoms with Crippen molar-refractivity contribution in [3.63, 3.8) is 0 Å². The Balaban J connectivity index is 3.12. The van der Waals surface area contributed by atoms with Gasteiger partial charge in [0.15, 0.2) is 15.6 Å². The highest BCUT2D eigenvalue weighted by Crippen LogP contribution is 2.26. The summed E-state index contributed by atoms with van der Waals surface area (Å²) in [5.41, 5.74) is 0.106. The van der Waals surface area contributed by atoms with Gasteiger partial charge in [-0.25, -0.2) is 12.8 Å². The molecule has 0 aliphatic heterocycles. The Morgan fingerprint density at radius 2 is 2.17 bits per heavy atom. The molecule has 1 rings (SSSR count). The summed E-state index contributed by atoms with van der Waals surface area (Å²) in [5, 5.41) is 8.84. The Hall–Kier alpha value is -1.45. The highest BCUT2D eigenvalue weighted by atomic mass is 35.5. The van der Waals surface area contributed by atoms with Crippen molar-refractivity contribution in [2.45, 2.75) is 5.92 Å². The van der Waals surface area contributed by atoms with Crippen LogP contribution in [-0.4, -0.2) is 26.2 Å². The van der Waals surface area contributed by atoms with Gasteiger partial charge in [0.05, 0.1) is 6.07 Å². The highest BCUT2D eigenvalue weighted by Gasteiger charge is 2.25. The van der Waals surface area contributed by atoms with E-state index in [2.05, 4.69) is 0 Å². The fraction of sp³-hybridized carbons (Fsp3) is 0.273. The minimum Gasteiger partial charge on any atom is -0.297 e. The summed E-state index contributed by atoms with van der Waals surface area (Å²) >= 11 is 5.73. The predicted octanol–water partition coefficient (Wildman–Crippen LogP) is 1.70. The van der Waals surface area contributed by atoms with Gasteiger partial charge in [-0.05, 0) is 17.7 Å². The molecule has 0 spiro atoms. The number of carbonyl (C=O) groups excluding carboxylic acids is 1. The van der Waals surface area contributed by atoms with Crippen LogP contribution in [0.5, 0.6) is 0 Å². The highest BCUT2D eigenvalue weighted by molar-refractivity contribution is 7.91. The number of halogens is 2. The molecule has 7 heteroatoms. The molecule has 0 saturated carbocycles. The van der Waals surface area contributed by atoms with Gasteiger partial charge in [-0.15, -0.1) is 0 Å². The summed E-state index contributed by atoms with van der Waals surface area (Å²) in [5.74, 6) is -3.45. The zero-order valence-corrected chi connectivity index (χ0v) is 10.9. The molecule has 0 aliphatic carbocycles. The third-order valence-corrected chi connectivity index (χ3v) is 3.27. The molecule has 0 heterocycles. The maximum Gasteiger partial charge on any atom is 0.169 e. The molecule has 96 valence electrons. The number of hydrogen-bond donors (Lipinski definition) is 0. The van der Waals surface area contributed by atoms with Crippen LogP contribution in [-0.2, 0) is 14.6 Å². The topological polar surface area (TPSA) is 75.0 Å². The molecule has 1 unspecified atom stereocenters. The van der Waals surface area contributed by atoms with E-state index in [0.29, 0.717) is 0 Å². The maximum atomic E-state index is 12.8. The van der Waals surface area contributed by atoms with Crippen molar-refractivity contribution in [2.75, 3.05) is 12.0 Å². The van der Waals surface area contributed by atoms with Gasteiger partial charge in [-0.3, -0.25) is 4.79 Å². The van der Waals surface area contributed by atoms with Crippen LogP contribution in [0.25, 0.3) is 0 Å². The zero-order valence-electron chi connectivity index (χ0n) is 9.35. The van der Waals surface area contributed by atoms with E-state index in [1.165, 1.54) is 6.07 Å². The van der Waals surface area contributed by atoms with Crippen molar-refractivity contribution in [3.05, 3.63) is 34.6 Å². The second-order valence-corrected chi connectivity index (χ2v) is 6.31. The standard InChI is InChI=1S/C11H9ClFNO3S/c1-18(16,17)6-11(15)9(5-14)8-3-2-7(13)4-10(8)12/h2-4,9H,6H2,1H3. The quantitative estimate of drug-likeness (QED) is 0.845. The Bertz CT molecular complexity index is 622. The Kier molecular flexibility index (Phi) is 4.43. The molecule has 18 heavy (non-hydrogen) atoms. The average Bonchev–Trinajstić information content (AvgIpc) is 2.19. The summed E-state index contributed by atoms with van der Waals surface area (Å²) in [6.45, 7) is 0. The molecule has 0 aromatic heterocycles. The first-order valence-corrected chi connectivity index (χ1v) is 7.23. The van der Waals surface area contributed by atoms with Gasteiger partial charge in [-0.2, -0.15) is 5.26 Å². The molecule has 0 bridgehead atoms. The van der Waals surface area contributed by atoms with Gasteiger partial charge in [0.1, 0.15) is 17.5 Å². The van der Waals surface area contributed by atoms with E-state index >= 15 is 0 Å². The van der Waals surface area contributed by atoms with Crippen LogP contribution in [0.2, 0.25) is 5.02 Å². The number of rotatable bonds is 4. The SMILES string of the molecule is CS(=O)(=O)CC(=O)C(C#N)c1ccc(F)cc1Cl. The van der Waals surface area contributed by atoms with Gasteiger partial charge >= 0.3 is 0 Å². The number of Topliss-reactive ketones (excluding diaryl/α,β-unsaturated/α-hetero) is 1. The van der Waals surface area contributed by atoms with Crippen LogP contribution in [0.3, 0.4) is 0 Å². The van der Waals surface area contributed by atoms with Gasteiger partial charge in [0.2, 0.25) is 0 Å². The molecule has 1 aromatic rings. The third kappa shape index (κ3) is 3.79. The Morgan fingerprint density at radius 1 is 1.56 bits per heavy atom. The molecule has 0 radical (unpaired) electrons. The molecule has 4 nitrogen and oxygen atoms in total. The van der Waals surface area contributed by atoms with Crippen molar-refractivity contribution >= 4 is 27.2 Å². The minimum atomic E-state index is -3.53. The Labute approximate surface area is 109 Å². The van der Waals surface area contributed by atoms with Crippen molar-refractivity contribution < 1.29 is 17.6 Å². The summed E-state index contributed by atoms with van der Waals surface area (Å²) in [4.78, 5) is 11.7. The van der Waals surface area contributed by atoms with E-state index in [1.807, 2.05) is 0 Å². The predicted molar refractivity (Wildman–Crippen MR) is 64.5 cm³/mol. The third-order valence-electron chi connectivity index (χ3n) is 2.13. The van der Waals surface area contributed by atoms with Crippen molar-refractivity contribution in [2.24, 2.45) is 0 Å². The fourth-order valence-corrected chi connectivity index (χ4v) is 2.35. The van der Waals surface area contributed by atoms with Crippen molar-refractivity contribution in [1.29, 1.82) is 5.26 Å². The summed E-state index contributed by atoms with van der Waals surface area (Å²) in [7, 11) is -3.53. The van der Waals surface area contributed by atoms with E-state index in [9.17, 15) is 17.6 Å². The van der Waals surface area contributed by atoms with E-state index in [-0.39, 0.29) is 10.6 Å². The first-order chi connectivity index (χ1) is 8.24. The fourth-order valence-electron chi connectivity index (χ4n) is 1.39. The van der Waals surface area contributed by atoms with Crippen LogP contribution in [0.1, 0.15) is 11.5 Å². The number of carbonyl (C=O) groups is 1. The molecule has 0 aliphatic rings. The lowest BCUT2D eigenvalue weighted by atomic mass is 9.97. The molecule has 0 saturated heterocycles. The van der Waals surface area contributed by atoms with E-state index in [4.69, 9.17) is 16.9 Å². The first-order valence-electron chi connectivity index (χ1n) is 4.79. The second kappa shape index (κ2) is 5.46. The summed E-state index contributed by atoms with van der Waals surface area (Å²) in [6.07, 6.45) is 0.894. The molecular formula is C11H9ClFNO3S. The smallest absolute Gasteiger partial charge is 0.169 e. The number of ketones is 1. The molecule has 1 aromatic carbocycles. The molecular weight excluding hydrogens is 281 g/mol. The van der Waals surface area contributed by atoms with Crippen LogP contribution >= 0.6 is 11.6 Å².